The monoisotopic (exact) mass is 319 g/mol. The molecule has 0 radical (unpaired) electrons. The van der Waals surface area contributed by atoms with E-state index in [0.717, 1.165) is 19.3 Å². The van der Waals surface area contributed by atoms with Gasteiger partial charge in [0, 0.05) is 32.2 Å². The van der Waals surface area contributed by atoms with Crippen molar-refractivity contribution in [1.29, 1.82) is 0 Å². The Bertz CT molecular complexity index is 467. The van der Waals surface area contributed by atoms with Crippen molar-refractivity contribution in [2.45, 2.75) is 51.6 Å². The van der Waals surface area contributed by atoms with Crippen LogP contribution in [0.4, 0.5) is 0 Å². The van der Waals surface area contributed by atoms with Crippen molar-refractivity contribution >= 4 is 16.2 Å². The van der Waals surface area contributed by atoms with E-state index in [-0.39, 0.29) is 11.6 Å². The van der Waals surface area contributed by atoms with Crippen molar-refractivity contribution in [2.75, 3.05) is 27.2 Å². The van der Waals surface area contributed by atoms with Gasteiger partial charge in [0.2, 0.25) is 0 Å². The van der Waals surface area contributed by atoms with Crippen LogP contribution in [0.5, 0.6) is 0 Å². The van der Waals surface area contributed by atoms with Gasteiger partial charge in [0.05, 0.1) is 6.54 Å². The lowest BCUT2D eigenvalue weighted by Crippen LogP contribution is -2.50. The number of nitrogens with zero attached hydrogens (tertiary/aromatic N) is 3. The molecule has 1 atom stereocenters. The van der Waals surface area contributed by atoms with Crippen molar-refractivity contribution in [3.8, 4) is 0 Å². The number of hydrogen-bond acceptors (Lipinski definition) is 3. The second-order valence-corrected chi connectivity index (χ2v) is 8.75. The summed E-state index contributed by atoms with van der Waals surface area (Å²) < 4.78 is 27.5. The Hall–Kier alpha value is -0.860. The molecule has 3 N–H and O–H groups in total. The summed E-state index contributed by atoms with van der Waals surface area (Å²) in [7, 11) is -0.285. The quantitative estimate of drug-likeness (QED) is 0.578. The largest absolute Gasteiger partial charge is 0.370 e. The molecule has 0 aromatic heterocycles. The van der Waals surface area contributed by atoms with Crippen LogP contribution in [0, 0.1) is 0 Å². The first-order valence-electron chi connectivity index (χ1n) is 7.31. The summed E-state index contributed by atoms with van der Waals surface area (Å²) in [6.07, 6.45) is 2.73. The highest BCUT2D eigenvalue weighted by atomic mass is 32.2. The van der Waals surface area contributed by atoms with Crippen molar-refractivity contribution in [1.82, 2.24) is 13.9 Å². The van der Waals surface area contributed by atoms with Crippen molar-refractivity contribution in [3.63, 3.8) is 0 Å². The molecule has 1 aliphatic heterocycles. The van der Waals surface area contributed by atoms with Gasteiger partial charge >= 0.3 is 0 Å². The fourth-order valence-electron chi connectivity index (χ4n) is 2.30. The lowest BCUT2D eigenvalue weighted by molar-refractivity contribution is 0.245. The Morgan fingerprint density at radius 1 is 1.38 bits per heavy atom. The summed E-state index contributed by atoms with van der Waals surface area (Å²) in [5, 5.41) is 3.08. The second kappa shape index (κ2) is 6.93. The molecule has 1 heterocycles. The van der Waals surface area contributed by atoms with Gasteiger partial charge < -0.3 is 11.1 Å². The van der Waals surface area contributed by atoms with E-state index >= 15 is 0 Å². The van der Waals surface area contributed by atoms with Crippen LogP contribution in [0.25, 0.3) is 0 Å². The number of hydrogen-bond donors (Lipinski definition) is 2. The molecule has 8 heteroatoms. The minimum atomic E-state index is -3.40. The first kappa shape index (κ1) is 18.2. The molecule has 1 rings (SSSR count). The maximum absolute atomic E-state index is 12.3. The van der Waals surface area contributed by atoms with Gasteiger partial charge in [-0.25, -0.2) is 0 Å². The highest BCUT2D eigenvalue weighted by Gasteiger charge is 2.33. The summed E-state index contributed by atoms with van der Waals surface area (Å²) in [4.78, 5) is 4.31. The van der Waals surface area contributed by atoms with Gasteiger partial charge in [-0.3, -0.25) is 4.99 Å². The van der Waals surface area contributed by atoms with Crippen LogP contribution in [0.1, 0.15) is 40.0 Å². The lowest BCUT2D eigenvalue weighted by atomic mass is 10.1. The highest BCUT2D eigenvalue weighted by molar-refractivity contribution is 7.86. The summed E-state index contributed by atoms with van der Waals surface area (Å²) in [5.74, 6) is 0.357. The number of piperidine rings is 1. The smallest absolute Gasteiger partial charge is 0.281 e. The van der Waals surface area contributed by atoms with E-state index in [1.165, 1.54) is 4.31 Å². The first-order chi connectivity index (χ1) is 9.54. The zero-order chi connectivity index (χ0) is 16.3. The molecule has 0 bridgehead atoms. The number of nitrogens with two attached hydrogens (primary N) is 1. The second-order valence-electron chi connectivity index (χ2n) is 6.65. The van der Waals surface area contributed by atoms with Crippen LogP contribution >= 0.6 is 0 Å². The van der Waals surface area contributed by atoms with Crippen LogP contribution in [-0.2, 0) is 10.2 Å². The molecule has 124 valence electrons. The van der Waals surface area contributed by atoms with Crippen LogP contribution in [0.15, 0.2) is 4.99 Å². The van der Waals surface area contributed by atoms with Crippen LogP contribution in [-0.4, -0.2) is 61.8 Å². The van der Waals surface area contributed by atoms with Crippen LogP contribution in [0.3, 0.4) is 0 Å². The Kier molecular flexibility index (Phi) is 6.01. The van der Waals surface area contributed by atoms with Gasteiger partial charge in [0.1, 0.15) is 0 Å². The number of aliphatic imine (C=N–C) groups is 1. The maximum Gasteiger partial charge on any atom is 0.281 e. The Balaban J connectivity index is 2.77. The summed E-state index contributed by atoms with van der Waals surface area (Å²) in [6, 6.07) is -0.119. The van der Waals surface area contributed by atoms with E-state index in [2.05, 4.69) is 10.3 Å². The predicted molar refractivity (Wildman–Crippen MR) is 86.3 cm³/mol. The van der Waals surface area contributed by atoms with Gasteiger partial charge in [-0.15, -0.1) is 0 Å². The molecule has 0 spiro atoms. The SMILES string of the molecule is CN(C)S(=O)(=O)N1CCCCC1CN=C(N)NC(C)(C)C. The third-order valence-corrected chi connectivity index (χ3v) is 5.30. The van der Waals surface area contributed by atoms with Crippen LogP contribution < -0.4 is 11.1 Å². The van der Waals surface area contributed by atoms with Crippen LogP contribution in [0.2, 0.25) is 0 Å². The molecule has 0 saturated carbocycles. The zero-order valence-electron chi connectivity index (χ0n) is 13.8. The molecule has 1 unspecified atom stereocenters. The van der Waals surface area contributed by atoms with Crippen molar-refractivity contribution in [3.05, 3.63) is 0 Å². The molecule has 0 aromatic carbocycles. The molecule has 1 saturated heterocycles. The fraction of sp³-hybridized carbons (Fsp3) is 0.923. The van der Waals surface area contributed by atoms with Crippen molar-refractivity contribution in [2.24, 2.45) is 10.7 Å². The molecular formula is C13H29N5O2S. The summed E-state index contributed by atoms with van der Waals surface area (Å²) in [6.45, 7) is 6.94. The van der Waals surface area contributed by atoms with Gasteiger partial charge in [-0.05, 0) is 33.6 Å². The minimum absolute atomic E-state index is 0.119. The summed E-state index contributed by atoms with van der Waals surface area (Å²) >= 11 is 0. The Labute approximate surface area is 128 Å². The first-order valence-corrected chi connectivity index (χ1v) is 8.71. The molecule has 0 aliphatic carbocycles. The van der Waals surface area contributed by atoms with Gasteiger partial charge in [0.15, 0.2) is 5.96 Å². The lowest BCUT2D eigenvalue weighted by Gasteiger charge is -2.35. The summed E-state index contributed by atoms with van der Waals surface area (Å²) in [5.41, 5.74) is 5.69. The average Bonchev–Trinajstić information content (AvgIpc) is 2.34. The van der Waals surface area contributed by atoms with E-state index in [0.29, 0.717) is 19.0 Å². The normalized spacial score (nSPS) is 22.6. The number of rotatable bonds is 4. The molecule has 7 nitrogen and oxygen atoms in total. The fourth-order valence-corrected chi connectivity index (χ4v) is 3.63. The maximum atomic E-state index is 12.3. The molecule has 0 aromatic rings. The molecule has 1 aliphatic rings. The van der Waals surface area contributed by atoms with E-state index in [4.69, 9.17) is 5.73 Å². The number of guanidine groups is 1. The average molecular weight is 319 g/mol. The molecule has 1 fully saturated rings. The highest BCUT2D eigenvalue weighted by Crippen LogP contribution is 2.21. The van der Waals surface area contributed by atoms with E-state index in [9.17, 15) is 8.42 Å². The van der Waals surface area contributed by atoms with Gasteiger partial charge in [0.25, 0.3) is 10.2 Å². The van der Waals surface area contributed by atoms with Crippen molar-refractivity contribution < 1.29 is 8.42 Å². The topological polar surface area (TPSA) is 91.0 Å². The Morgan fingerprint density at radius 2 is 2.00 bits per heavy atom. The third kappa shape index (κ3) is 5.44. The third-order valence-electron chi connectivity index (χ3n) is 3.31. The van der Waals surface area contributed by atoms with E-state index in [1.807, 2.05) is 20.8 Å². The van der Waals surface area contributed by atoms with Gasteiger partial charge in [-0.1, -0.05) is 6.42 Å². The standard InChI is InChI=1S/C13H29N5O2S/c1-13(2,3)16-12(14)15-10-11-8-6-7-9-18(11)21(19,20)17(4)5/h11H,6-10H2,1-5H3,(H3,14,15,16). The Morgan fingerprint density at radius 3 is 2.52 bits per heavy atom. The molecule has 0 amide bonds. The zero-order valence-corrected chi connectivity index (χ0v) is 14.6. The molecule has 21 heavy (non-hydrogen) atoms. The van der Waals surface area contributed by atoms with E-state index in [1.54, 1.807) is 18.4 Å². The predicted octanol–water partition coefficient (Wildman–Crippen LogP) is 0.350. The van der Waals surface area contributed by atoms with E-state index < -0.39 is 10.2 Å². The molecular weight excluding hydrogens is 290 g/mol. The minimum Gasteiger partial charge on any atom is -0.370 e. The number of nitrogens with one attached hydrogen (secondary N) is 1. The van der Waals surface area contributed by atoms with Gasteiger partial charge in [-0.2, -0.15) is 17.0 Å².